The molecule has 0 aliphatic heterocycles. The molecule has 5 heteroatoms. The molecule has 2 N–H and O–H groups in total. The minimum atomic E-state index is -0.839. The number of hydrogen-bond acceptors (Lipinski definition) is 2. The van der Waals surface area contributed by atoms with Crippen LogP contribution in [0.25, 0.3) is 0 Å². The van der Waals surface area contributed by atoms with E-state index >= 15 is 0 Å². The van der Waals surface area contributed by atoms with Gasteiger partial charge in [-0.3, -0.25) is 0 Å². The third kappa shape index (κ3) is 3.06. The van der Waals surface area contributed by atoms with Crippen LogP contribution in [0.15, 0.2) is 22.7 Å². The minimum Gasteiger partial charge on any atom is -0.480 e. The number of carboxylic acids is 1. The van der Waals surface area contributed by atoms with Crippen LogP contribution in [0.5, 0.6) is 0 Å². The first-order chi connectivity index (χ1) is 8.97. The quantitative estimate of drug-likeness (QED) is 0.841. The molecule has 104 valence electrons. The summed E-state index contributed by atoms with van der Waals surface area (Å²) in [6.45, 7) is 2.11. The zero-order valence-electron chi connectivity index (χ0n) is 10.7. The molecule has 19 heavy (non-hydrogen) atoms. The number of halogens is 2. The Balaban J connectivity index is 2.22. The van der Waals surface area contributed by atoms with Gasteiger partial charge in [0.25, 0.3) is 0 Å². The molecule has 1 saturated carbocycles. The molecule has 0 spiro atoms. The van der Waals surface area contributed by atoms with E-state index < -0.39 is 11.5 Å². The van der Waals surface area contributed by atoms with E-state index in [0.717, 1.165) is 23.0 Å². The Labute approximate surface area is 126 Å². The maximum atomic E-state index is 11.6. The van der Waals surface area contributed by atoms with E-state index in [-0.39, 0.29) is 0 Å². The highest BCUT2D eigenvalue weighted by molar-refractivity contribution is 9.10. The number of rotatable bonds is 4. The predicted molar refractivity (Wildman–Crippen MR) is 80.8 cm³/mol. The van der Waals surface area contributed by atoms with E-state index in [9.17, 15) is 9.90 Å². The number of aliphatic carboxylic acids is 1. The van der Waals surface area contributed by atoms with E-state index in [1.807, 2.05) is 12.1 Å². The topological polar surface area (TPSA) is 49.3 Å². The van der Waals surface area contributed by atoms with Crippen molar-refractivity contribution in [1.82, 2.24) is 0 Å². The summed E-state index contributed by atoms with van der Waals surface area (Å²) in [6, 6.07) is 5.40. The molecule has 0 heterocycles. The van der Waals surface area contributed by atoms with Gasteiger partial charge in [-0.05, 0) is 59.3 Å². The summed E-state index contributed by atoms with van der Waals surface area (Å²) in [5, 5.41) is 13.4. The lowest BCUT2D eigenvalue weighted by Crippen LogP contribution is -2.44. The molecule has 0 radical (unpaired) electrons. The maximum Gasteiger partial charge on any atom is 0.329 e. The zero-order chi connectivity index (χ0) is 14.0. The first kappa shape index (κ1) is 14.7. The fourth-order valence-corrected chi connectivity index (χ4v) is 3.20. The van der Waals surface area contributed by atoms with E-state index in [1.54, 1.807) is 6.07 Å². The molecule has 0 aromatic heterocycles. The van der Waals surface area contributed by atoms with Crippen LogP contribution in [0, 0.1) is 5.92 Å². The maximum absolute atomic E-state index is 11.6. The van der Waals surface area contributed by atoms with Crippen molar-refractivity contribution in [3.8, 4) is 0 Å². The third-order valence-electron chi connectivity index (χ3n) is 3.91. The molecule has 1 aromatic rings. The molecule has 3 nitrogen and oxygen atoms in total. The zero-order valence-corrected chi connectivity index (χ0v) is 13.1. The summed E-state index contributed by atoms with van der Waals surface area (Å²) < 4.78 is 0.768. The first-order valence-electron chi connectivity index (χ1n) is 6.43. The highest BCUT2D eigenvalue weighted by Gasteiger charge is 2.45. The van der Waals surface area contributed by atoms with Gasteiger partial charge in [0.05, 0.1) is 5.02 Å². The second-order valence-corrected chi connectivity index (χ2v) is 6.42. The number of carboxylic acid groups (broad SMARTS) is 1. The second kappa shape index (κ2) is 5.71. The largest absolute Gasteiger partial charge is 0.480 e. The van der Waals surface area contributed by atoms with Gasteiger partial charge in [-0.2, -0.15) is 0 Å². The number of anilines is 1. The predicted octanol–water partition coefficient (Wildman–Crippen LogP) is 4.55. The lowest BCUT2D eigenvalue weighted by Gasteiger charge is -2.27. The van der Waals surface area contributed by atoms with Crippen molar-refractivity contribution < 1.29 is 9.90 Å². The van der Waals surface area contributed by atoms with Crippen LogP contribution in [-0.4, -0.2) is 16.6 Å². The lowest BCUT2D eigenvalue weighted by atomic mass is 9.94. The molecule has 1 fully saturated rings. The number of benzene rings is 1. The standard InChI is InChI=1S/C14H17BrClNO2/c1-2-9-5-6-14(8-9,13(18)19)17-10-3-4-12(16)11(15)7-10/h3-4,7,9,17H,2,5-6,8H2,1H3,(H,18,19). The Hall–Kier alpha value is -0.740. The van der Waals surface area contributed by atoms with Crippen LogP contribution >= 0.6 is 27.5 Å². The smallest absolute Gasteiger partial charge is 0.329 e. The van der Waals surface area contributed by atoms with Gasteiger partial charge in [-0.15, -0.1) is 0 Å². The Morgan fingerprint density at radius 1 is 1.63 bits per heavy atom. The van der Waals surface area contributed by atoms with Gasteiger partial charge >= 0.3 is 5.97 Å². The molecule has 0 amide bonds. The molecular formula is C14H17BrClNO2. The Morgan fingerprint density at radius 2 is 2.37 bits per heavy atom. The SMILES string of the molecule is CCC1CCC(Nc2ccc(Cl)c(Br)c2)(C(=O)O)C1. The Morgan fingerprint density at radius 3 is 2.89 bits per heavy atom. The van der Waals surface area contributed by atoms with Crippen molar-refractivity contribution in [2.45, 2.75) is 38.1 Å². The molecule has 2 atom stereocenters. The van der Waals surface area contributed by atoms with Crippen LogP contribution in [0.1, 0.15) is 32.6 Å². The van der Waals surface area contributed by atoms with Gasteiger partial charge in [-0.25, -0.2) is 4.79 Å². The monoisotopic (exact) mass is 345 g/mol. The highest BCUT2D eigenvalue weighted by Crippen LogP contribution is 2.39. The summed E-state index contributed by atoms with van der Waals surface area (Å²) in [4.78, 5) is 11.6. The summed E-state index contributed by atoms with van der Waals surface area (Å²) in [5.41, 5.74) is -0.0519. The number of nitrogens with one attached hydrogen (secondary N) is 1. The van der Waals surface area contributed by atoms with Gasteiger partial charge in [0.15, 0.2) is 0 Å². The van der Waals surface area contributed by atoms with Gasteiger partial charge in [-0.1, -0.05) is 24.9 Å². The number of carbonyl (C=O) groups is 1. The van der Waals surface area contributed by atoms with Crippen LogP contribution in [-0.2, 0) is 4.79 Å². The molecule has 2 unspecified atom stereocenters. The van der Waals surface area contributed by atoms with E-state index in [4.69, 9.17) is 11.6 Å². The second-order valence-electron chi connectivity index (χ2n) is 5.16. The molecule has 0 bridgehead atoms. The summed E-state index contributed by atoms with van der Waals surface area (Å²) in [5.74, 6) is -0.283. The lowest BCUT2D eigenvalue weighted by molar-refractivity contribution is -0.142. The van der Waals surface area contributed by atoms with Crippen LogP contribution in [0.2, 0.25) is 5.02 Å². The normalized spacial score (nSPS) is 26.4. The van der Waals surface area contributed by atoms with E-state index in [2.05, 4.69) is 28.2 Å². The average molecular weight is 347 g/mol. The molecule has 1 aliphatic rings. The van der Waals surface area contributed by atoms with E-state index in [0.29, 0.717) is 23.8 Å². The summed E-state index contributed by atoms with van der Waals surface area (Å²) >= 11 is 9.31. The highest BCUT2D eigenvalue weighted by atomic mass is 79.9. The average Bonchev–Trinajstić information content (AvgIpc) is 2.79. The molecule has 2 rings (SSSR count). The first-order valence-corrected chi connectivity index (χ1v) is 7.60. The van der Waals surface area contributed by atoms with E-state index in [1.165, 1.54) is 0 Å². The summed E-state index contributed by atoms with van der Waals surface area (Å²) in [7, 11) is 0. The van der Waals surface area contributed by atoms with Crippen molar-refractivity contribution in [3.05, 3.63) is 27.7 Å². The fraction of sp³-hybridized carbons (Fsp3) is 0.500. The number of hydrogen-bond donors (Lipinski definition) is 2. The summed E-state index contributed by atoms with van der Waals surface area (Å²) in [6.07, 6.45) is 3.34. The van der Waals surface area contributed by atoms with Gasteiger partial charge in [0, 0.05) is 10.2 Å². The minimum absolute atomic E-state index is 0.486. The van der Waals surface area contributed by atoms with Crippen molar-refractivity contribution in [2.75, 3.05) is 5.32 Å². The Kier molecular flexibility index (Phi) is 4.41. The molecule has 0 saturated heterocycles. The van der Waals surface area contributed by atoms with Crippen molar-refractivity contribution >= 4 is 39.2 Å². The van der Waals surface area contributed by atoms with Gasteiger partial charge in [0.1, 0.15) is 5.54 Å². The van der Waals surface area contributed by atoms with Gasteiger partial charge < -0.3 is 10.4 Å². The van der Waals surface area contributed by atoms with Gasteiger partial charge in [0.2, 0.25) is 0 Å². The van der Waals surface area contributed by atoms with Crippen LogP contribution < -0.4 is 5.32 Å². The Bertz CT molecular complexity index is 494. The van der Waals surface area contributed by atoms with Crippen molar-refractivity contribution in [2.24, 2.45) is 5.92 Å². The van der Waals surface area contributed by atoms with Crippen LogP contribution in [0.3, 0.4) is 0 Å². The molecule has 1 aliphatic carbocycles. The third-order valence-corrected chi connectivity index (χ3v) is 5.12. The fourth-order valence-electron chi connectivity index (χ4n) is 2.71. The van der Waals surface area contributed by atoms with Crippen LogP contribution in [0.4, 0.5) is 5.69 Å². The van der Waals surface area contributed by atoms with Crippen molar-refractivity contribution in [3.63, 3.8) is 0 Å². The molecular weight excluding hydrogens is 330 g/mol. The van der Waals surface area contributed by atoms with Crippen molar-refractivity contribution in [1.29, 1.82) is 0 Å². The molecule has 1 aromatic carbocycles.